The van der Waals surface area contributed by atoms with E-state index in [-0.39, 0.29) is 0 Å². The van der Waals surface area contributed by atoms with Gasteiger partial charge in [0.05, 0.1) is 11.2 Å². The lowest BCUT2D eigenvalue weighted by Gasteiger charge is -2.27. The fourth-order valence-electron chi connectivity index (χ4n) is 2.34. The van der Waals surface area contributed by atoms with Crippen LogP contribution in [0.5, 0.6) is 0 Å². The lowest BCUT2D eigenvalue weighted by molar-refractivity contribution is 0.312. The second-order valence-electron chi connectivity index (χ2n) is 6.41. The maximum atomic E-state index is 4.34. The van der Waals surface area contributed by atoms with Gasteiger partial charge in [0.2, 0.25) is 0 Å². The number of hydrogen-bond donors (Lipinski definition) is 1. The predicted octanol–water partition coefficient (Wildman–Crippen LogP) is 4.45. The van der Waals surface area contributed by atoms with Gasteiger partial charge in [0, 0.05) is 24.4 Å². The van der Waals surface area contributed by atoms with Crippen LogP contribution in [0.15, 0.2) is 41.2 Å². The fraction of sp³-hybridized carbons (Fsp3) is 0.471. The zero-order valence-corrected chi connectivity index (χ0v) is 13.4. The van der Waals surface area contributed by atoms with Crippen LogP contribution in [0.25, 0.3) is 0 Å². The normalized spacial score (nSPS) is 13.3. The van der Waals surface area contributed by atoms with Gasteiger partial charge in [0.1, 0.15) is 0 Å². The van der Waals surface area contributed by atoms with E-state index in [1.165, 1.54) is 11.3 Å². The summed E-state index contributed by atoms with van der Waals surface area (Å²) in [7, 11) is 0. The minimum absolute atomic E-state index is 0.314. The van der Waals surface area contributed by atoms with Crippen LogP contribution in [0.4, 0.5) is 0 Å². The highest BCUT2D eigenvalue weighted by Gasteiger charge is 2.19. The Balaban J connectivity index is 1.96. The summed E-state index contributed by atoms with van der Waals surface area (Å²) in [6.07, 6.45) is 2.13. The molecule has 0 spiro atoms. The van der Waals surface area contributed by atoms with Crippen molar-refractivity contribution in [1.82, 2.24) is 10.3 Å². The molecular weight excluding hydrogens is 264 g/mol. The van der Waals surface area contributed by atoms with Gasteiger partial charge in [-0.15, -0.1) is 11.3 Å². The van der Waals surface area contributed by atoms with E-state index < -0.39 is 0 Å². The molecule has 1 aromatic carbocycles. The first-order valence-corrected chi connectivity index (χ1v) is 8.14. The van der Waals surface area contributed by atoms with Crippen LogP contribution in [0.3, 0.4) is 0 Å². The van der Waals surface area contributed by atoms with Gasteiger partial charge < -0.3 is 5.32 Å². The molecule has 0 saturated heterocycles. The van der Waals surface area contributed by atoms with Crippen LogP contribution in [-0.4, -0.2) is 11.5 Å². The first-order chi connectivity index (χ1) is 9.54. The van der Waals surface area contributed by atoms with Crippen molar-refractivity contribution in [3.63, 3.8) is 0 Å². The molecule has 0 fully saturated rings. The van der Waals surface area contributed by atoms with Crippen LogP contribution in [-0.2, 0) is 6.42 Å². The number of thiazole rings is 1. The van der Waals surface area contributed by atoms with Crippen molar-refractivity contribution in [2.24, 2.45) is 5.41 Å². The Morgan fingerprint density at radius 2 is 1.95 bits per heavy atom. The van der Waals surface area contributed by atoms with Crippen LogP contribution < -0.4 is 5.32 Å². The summed E-state index contributed by atoms with van der Waals surface area (Å²) in [4.78, 5) is 4.34. The second kappa shape index (κ2) is 7.00. The van der Waals surface area contributed by atoms with Gasteiger partial charge in [0.25, 0.3) is 0 Å². The first kappa shape index (κ1) is 15.2. The molecule has 0 radical (unpaired) electrons. The van der Waals surface area contributed by atoms with Gasteiger partial charge in [0.15, 0.2) is 0 Å². The maximum Gasteiger partial charge on any atom is 0.0794 e. The van der Waals surface area contributed by atoms with Gasteiger partial charge in [-0.05, 0) is 17.4 Å². The summed E-state index contributed by atoms with van der Waals surface area (Å²) in [5.74, 6) is 0. The number of nitrogens with one attached hydrogen (secondary N) is 1. The maximum absolute atomic E-state index is 4.34. The summed E-state index contributed by atoms with van der Waals surface area (Å²) in [5.41, 5.74) is 4.78. The van der Waals surface area contributed by atoms with Crippen molar-refractivity contribution in [3.8, 4) is 0 Å². The summed E-state index contributed by atoms with van der Waals surface area (Å²) in [6.45, 7) is 7.86. The van der Waals surface area contributed by atoms with Crippen molar-refractivity contribution < 1.29 is 0 Å². The Hall–Kier alpha value is -1.19. The predicted molar refractivity (Wildman–Crippen MR) is 87.1 cm³/mol. The molecule has 1 atom stereocenters. The molecule has 2 nitrogen and oxygen atoms in total. The molecule has 1 N–H and O–H groups in total. The Morgan fingerprint density at radius 3 is 2.55 bits per heavy atom. The standard InChI is InChI=1S/C17H24N2S/c1-17(2,3)11-16(14-7-5-4-6-8-14)18-10-9-15-12-20-13-19-15/h4-8,12-13,16,18H,9-11H2,1-3H3. The van der Waals surface area contributed by atoms with Crippen molar-refractivity contribution in [3.05, 3.63) is 52.5 Å². The van der Waals surface area contributed by atoms with Gasteiger partial charge in [-0.25, -0.2) is 4.98 Å². The van der Waals surface area contributed by atoms with E-state index in [1.807, 2.05) is 5.51 Å². The zero-order chi connectivity index (χ0) is 14.4. The Kier molecular flexibility index (Phi) is 5.32. The minimum atomic E-state index is 0.314. The zero-order valence-electron chi connectivity index (χ0n) is 12.6. The highest BCUT2D eigenvalue weighted by molar-refractivity contribution is 7.07. The summed E-state index contributed by atoms with van der Waals surface area (Å²) >= 11 is 1.67. The average Bonchev–Trinajstić information content (AvgIpc) is 2.90. The molecule has 2 rings (SSSR count). The first-order valence-electron chi connectivity index (χ1n) is 7.20. The topological polar surface area (TPSA) is 24.9 Å². The van der Waals surface area contributed by atoms with E-state index in [4.69, 9.17) is 0 Å². The molecule has 3 heteroatoms. The van der Waals surface area contributed by atoms with Crippen LogP contribution in [0.2, 0.25) is 0 Å². The SMILES string of the molecule is CC(C)(C)CC(NCCc1cscn1)c1ccccc1. The van der Waals surface area contributed by atoms with Crippen molar-refractivity contribution in [1.29, 1.82) is 0 Å². The Bertz CT molecular complexity index is 485. The Labute approximate surface area is 126 Å². The summed E-state index contributed by atoms with van der Waals surface area (Å²) in [5, 5.41) is 5.82. The van der Waals surface area contributed by atoms with E-state index in [9.17, 15) is 0 Å². The second-order valence-corrected chi connectivity index (χ2v) is 7.13. The molecule has 2 aromatic rings. The van der Waals surface area contributed by atoms with Crippen LogP contribution >= 0.6 is 11.3 Å². The molecule has 0 aliphatic rings. The monoisotopic (exact) mass is 288 g/mol. The van der Waals surface area contributed by atoms with E-state index in [0.717, 1.165) is 19.4 Å². The molecule has 1 heterocycles. The average molecular weight is 288 g/mol. The van der Waals surface area contributed by atoms with E-state index in [2.05, 4.69) is 66.8 Å². The number of rotatable bonds is 6. The highest BCUT2D eigenvalue weighted by atomic mass is 32.1. The third-order valence-electron chi connectivity index (χ3n) is 3.27. The fourth-order valence-corrected chi connectivity index (χ4v) is 2.93. The van der Waals surface area contributed by atoms with E-state index in [0.29, 0.717) is 11.5 Å². The molecule has 1 aromatic heterocycles. The molecule has 108 valence electrons. The molecule has 0 bridgehead atoms. The summed E-state index contributed by atoms with van der Waals surface area (Å²) < 4.78 is 0. The highest BCUT2D eigenvalue weighted by Crippen LogP contribution is 2.29. The Morgan fingerprint density at radius 1 is 1.20 bits per heavy atom. The van der Waals surface area contributed by atoms with Gasteiger partial charge in [-0.2, -0.15) is 0 Å². The van der Waals surface area contributed by atoms with Crippen molar-refractivity contribution >= 4 is 11.3 Å². The third kappa shape index (κ3) is 5.06. The van der Waals surface area contributed by atoms with Crippen molar-refractivity contribution in [2.45, 2.75) is 39.7 Å². The quantitative estimate of drug-likeness (QED) is 0.849. The summed E-state index contributed by atoms with van der Waals surface area (Å²) in [6, 6.07) is 11.2. The third-order valence-corrected chi connectivity index (χ3v) is 3.91. The molecule has 0 aliphatic carbocycles. The van der Waals surface area contributed by atoms with Crippen LogP contribution in [0.1, 0.15) is 44.5 Å². The molecule has 0 aliphatic heterocycles. The number of nitrogens with zero attached hydrogens (tertiary/aromatic N) is 1. The lowest BCUT2D eigenvalue weighted by atomic mass is 9.85. The molecule has 0 amide bonds. The molecule has 1 unspecified atom stereocenters. The minimum Gasteiger partial charge on any atom is -0.310 e. The van der Waals surface area contributed by atoms with Gasteiger partial charge in [-0.3, -0.25) is 0 Å². The smallest absolute Gasteiger partial charge is 0.0794 e. The van der Waals surface area contributed by atoms with Crippen molar-refractivity contribution in [2.75, 3.05) is 6.54 Å². The number of benzene rings is 1. The van der Waals surface area contributed by atoms with Gasteiger partial charge in [-0.1, -0.05) is 51.1 Å². The molecule has 20 heavy (non-hydrogen) atoms. The van der Waals surface area contributed by atoms with Crippen LogP contribution in [0, 0.1) is 5.41 Å². The lowest BCUT2D eigenvalue weighted by Crippen LogP contribution is -2.27. The molecular formula is C17H24N2S. The number of hydrogen-bond acceptors (Lipinski definition) is 3. The molecule has 0 saturated carbocycles. The number of aromatic nitrogens is 1. The van der Waals surface area contributed by atoms with E-state index in [1.54, 1.807) is 11.3 Å². The van der Waals surface area contributed by atoms with E-state index >= 15 is 0 Å². The van der Waals surface area contributed by atoms with Gasteiger partial charge >= 0.3 is 0 Å². The largest absolute Gasteiger partial charge is 0.310 e.